The standard InChI is InChI=1S/C7H5N3O2S/c8-7-4-2-1-3-5(10(11)12)6(4)13-9-7/h1-3H,(H2,8,9). The van der Waals surface area contributed by atoms with E-state index in [0.717, 1.165) is 11.5 Å². The normalized spacial score (nSPS) is 10.5. The second-order valence-electron chi connectivity index (χ2n) is 2.48. The highest BCUT2D eigenvalue weighted by Crippen LogP contribution is 2.32. The van der Waals surface area contributed by atoms with Gasteiger partial charge in [0, 0.05) is 11.5 Å². The first-order valence-corrected chi connectivity index (χ1v) is 4.26. The Morgan fingerprint density at radius 1 is 1.54 bits per heavy atom. The van der Waals surface area contributed by atoms with Gasteiger partial charge in [0.05, 0.1) is 4.92 Å². The van der Waals surface area contributed by atoms with E-state index in [0.29, 0.717) is 15.9 Å². The summed E-state index contributed by atoms with van der Waals surface area (Å²) >= 11 is 1.05. The predicted molar refractivity (Wildman–Crippen MR) is 50.7 cm³/mol. The van der Waals surface area contributed by atoms with Gasteiger partial charge in [0.25, 0.3) is 5.69 Å². The molecule has 0 aliphatic heterocycles. The maximum atomic E-state index is 10.6. The average molecular weight is 195 g/mol. The van der Waals surface area contributed by atoms with Crippen molar-refractivity contribution in [2.45, 2.75) is 0 Å². The highest BCUT2D eigenvalue weighted by Gasteiger charge is 2.14. The SMILES string of the molecule is Nc1nsc2c([N+](=O)[O-])cccc12. The van der Waals surface area contributed by atoms with Crippen LogP contribution in [0.1, 0.15) is 0 Å². The minimum Gasteiger partial charge on any atom is -0.382 e. The van der Waals surface area contributed by atoms with Gasteiger partial charge in [-0.2, -0.15) is 4.37 Å². The molecule has 5 nitrogen and oxygen atoms in total. The second kappa shape index (κ2) is 2.67. The predicted octanol–water partition coefficient (Wildman–Crippen LogP) is 1.79. The molecule has 0 bridgehead atoms. The number of fused-ring (bicyclic) bond motifs is 1. The number of nitrogen functional groups attached to an aromatic ring is 1. The molecule has 0 saturated heterocycles. The summed E-state index contributed by atoms with van der Waals surface area (Å²) in [5.41, 5.74) is 5.58. The summed E-state index contributed by atoms with van der Waals surface area (Å²) in [6, 6.07) is 4.77. The number of nitro benzene ring substituents is 1. The van der Waals surface area contributed by atoms with Crippen LogP contribution in [0.5, 0.6) is 0 Å². The molecule has 0 fully saturated rings. The van der Waals surface area contributed by atoms with E-state index in [4.69, 9.17) is 5.73 Å². The number of nitrogens with two attached hydrogens (primary N) is 1. The van der Waals surface area contributed by atoms with Gasteiger partial charge < -0.3 is 5.73 Å². The van der Waals surface area contributed by atoms with Gasteiger partial charge in [-0.15, -0.1) is 0 Å². The Morgan fingerprint density at radius 3 is 3.00 bits per heavy atom. The second-order valence-corrected chi connectivity index (χ2v) is 3.25. The van der Waals surface area contributed by atoms with E-state index in [1.807, 2.05) is 0 Å². The Hall–Kier alpha value is -1.69. The van der Waals surface area contributed by atoms with Crippen molar-refractivity contribution < 1.29 is 4.92 Å². The maximum absolute atomic E-state index is 10.6. The van der Waals surface area contributed by atoms with E-state index < -0.39 is 4.92 Å². The van der Waals surface area contributed by atoms with Gasteiger partial charge in [-0.05, 0) is 17.6 Å². The first kappa shape index (κ1) is 7.93. The van der Waals surface area contributed by atoms with Crippen molar-refractivity contribution in [3.05, 3.63) is 28.3 Å². The minimum atomic E-state index is -0.431. The summed E-state index contributed by atoms with van der Waals surface area (Å²) < 4.78 is 4.39. The molecule has 13 heavy (non-hydrogen) atoms. The summed E-state index contributed by atoms with van der Waals surface area (Å²) in [4.78, 5) is 10.1. The van der Waals surface area contributed by atoms with Gasteiger partial charge >= 0.3 is 0 Å². The Morgan fingerprint density at radius 2 is 2.31 bits per heavy atom. The van der Waals surface area contributed by atoms with E-state index >= 15 is 0 Å². The third kappa shape index (κ3) is 1.11. The molecule has 0 radical (unpaired) electrons. The van der Waals surface area contributed by atoms with E-state index in [2.05, 4.69) is 4.37 Å². The van der Waals surface area contributed by atoms with E-state index in [-0.39, 0.29) is 5.69 Å². The van der Waals surface area contributed by atoms with Crippen LogP contribution >= 0.6 is 11.5 Å². The molecule has 6 heteroatoms. The average Bonchev–Trinajstić information content (AvgIpc) is 2.48. The van der Waals surface area contributed by atoms with Gasteiger partial charge in [0.15, 0.2) is 0 Å². The van der Waals surface area contributed by atoms with Crippen molar-refractivity contribution in [1.29, 1.82) is 0 Å². The van der Waals surface area contributed by atoms with Crippen molar-refractivity contribution >= 4 is 33.1 Å². The van der Waals surface area contributed by atoms with Crippen molar-refractivity contribution in [1.82, 2.24) is 4.37 Å². The largest absolute Gasteiger partial charge is 0.382 e. The molecule has 0 aliphatic rings. The van der Waals surface area contributed by atoms with Crippen LogP contribution in [0, 0.1) is 10.1 Å². The fourth-order valence-corrected chi connectivity index (χ4v) is 1.91. The zero-order valence-corrected chi connectivity index (χ0v) is 7.25. The zero-order chi connectivity index (χ0) is 9.42. The monoisotopic (exact) mass is 195 g/mol. The van der Waals surface area contributed by atoms with Crippen LogP contribution in [0.25, 0.3) is 10.1 Å². The molecule has 0 amide bonds. The molecule has 1 aromatic carbocycles. The fraction of sp³-hybridized carbons (Fsp3) is 0. The first-order valence-electron chi connectivity index (χ1n) is 3.48. The molecule has 2 rings (SSSR count). The van der Waals surface area contributed by atoms with Crippen LogP contribution in [0.2, 0.25) is 0 Å². The van der Waals surface area contributed by atoms with Crippen LogP contribution in [0.4, 0.5) is 11.5 Å². The number of hydrogen-bond donors (Lipinski definition) is 1. The summed E-state index contributed by atoms with van der Waals surface area (Å²) in [6.45, 7) is 0. The van der Waals surface area contributed by atoms with Crippen molar-refractivity contribution in [2.24, 2.45) is 0 Å². The van der Waals surface area contributed by atoms with Crippen LogP contribution < -0.4 is 5.73 Å². The molecule has 1 heterocycles. The van der Waals surface area contributed by atoms with Gasteiger partial charge in [-0.1, -0.05) is 6.07 Å². The van der Waals surface area contributed by atoms with Crippen LogP contribution in [-0.2, 0) is 0 Å². The lowest BCUT2D eigenvalue weighted by atomic mass is 10.2. The molecule has 0 saturated carbocycles. The van der Waals surface area contributed by atoms with Crippen LogP contribution in [0.3, 0.4) is 0 Å². The molecular formula is C7H5N3O2S. The number of aromatic nitrogens is 1. The molecule has 0 unspecified atom stereocenters. The summed E-state index contributed by atoms with van der Waals surface area (Å²) in [5.74, 6) is 0.351. The molecule has 0 spiro atoms. The van der Waals surface area contributed by atoms with Crippen molar-refractivity contribution in [2.75, 3.05) is 5.73 Å². The highest BCUT2D eigenvalue weighted by molar-refractivity contribution is 7.14. The Bertz CT molecular complexity index is 480. The molecular weight excluding hydrogens is 190 g/mol. The molecule has 66 valence electrons. The van der Waals surface area contributed by atoms with E-state index in [1.165, 1.54) is 6.07 Å². The van der Waals surface area contributed by atoms with Crippen molar-refractivity contribution in [3.63, 3.8) is 0 Å². The molecule has 0 atom stereocenters. The number of non-ortho nitro benzene ring substituents is 1. The topological polar surface area (TPSA) is 82.0 Å². The number of nitro groups is 1. The summed E-state index contributed by atoms with van der Waals surface area (Å²) in [7, 11) is 0. The lowest BCUT2D eigenvalue weighted by molar-refractivity contribution is -0.382. The third-order valence-electron chi connectivity index (χ3n) is 1.70. The number of rotatable bonds is 1. The van der Waals surface area contributed by atoms with Gasteiger partial charge in [0.2, 0.25) is 0 Å². The number of benzene rings is 1. The van der Waals surface area contributed by atoms with Gasteiger partial charge in [-0.3, -0.25) is 10.1 Å². The van der Waals surface area contributed by atoms with Crippen LogP contribution in [-0.4, -0.2) is 9.30 Å². The number of hydrogen-bond acceptors (Lipinski definition) is 5. The number of anilines is 1. The maximum Gasteiger partial charge on any atom is 0.288 e. The Labute approximate surface area is 77.1 Å². The lowest BCUT2D eigenvalue weighted by Crippen LogP contribution is -1.88. The minimum absolute atomic E-state index is 0.0618. The smallest absolute Gasteiger partial charge is 0.288 e. The third-order valence-corrected chi connectivity index (χ3v) is 2.60. The molecule has 1 aromatic heterocycles. The van der Waals surface area contributed by atoms with E-state index in [9.17, 15) is 10.1 Å². The zero-order valence-electron chi connectivity index (χ0n) is 6.43. The molecule has 2 aromatic rings. The first-order chi connectivity index (χ1) is 6.20. The van der Waals surface area contributed by atoms with Gasteiger partial charge in [0.1, 0.15) is 10.5 Å². The van der Waals surface area contributed by atoms with Crippen molar-refractivity contribution in [3.8, 4) is 0 Å². The molecule has 2 N–H and O–H groups in total. The quantitative estimate of drug-likeness (QED) is 0.555. The summed E-state index contributed by atoms with van der Waals surface area (Å²) in [6.07, 6.45) is 0. The number of nitrogens with zero attached hydrogens (tertiary/aromatic N) is 2. The fourth-order valence-electron chi connectivity index (χ4n) is 1.11. The lowest BCUT2D eigenvalue weighted by Gasteiger charge is -1.91. The Kier molecular flexibility index (Phi) is 1.63. The van der Waals surface area contributed by atoms with E-state index in [1.54, 1.807) is 12.1 Å². The Balaban J connectivity index is 2.84. The summed E-state index contributed by atoms with van der Waals surface area (Å²) in [5, 5.41) is 11.2. The van der Waals surface area contributed by atoms with Crippen LogP contribution in [0.15, 0.2) is 18.2 Å². The molecule has 0 aliphatic carbocycles. The van der Waals surface area contributed by atoms with Gasteiger partial charge in [-0.25, -0.2) is 0 Å². The highest BCUT2D eigenvalue weighted by atomic mass is 32.1.